The van der Waals surface area contributed by atoms with Crippen LogP contribution in [0.5, 0.6) is 5.75 Å². The third-order valence-electron chi connectivity index (χ3n) is 3.51. The van der Waals surface area contributed by atoms with E-state index in [1.807, 2.05) is 0 Å². The average Bonchev–Trinajstić information content (AvgIpc) is 2.38. The minimum Gasteiger partial charge on any atom is -0.496 e. The molecule has 19 heavy (non-hydrogen) atoms. The van der Waals surface area contributed by atoms with Gasteiger partial charge in [-0.25, -0.2) is 0 Å². The molecule has 1 aromatic rings. The highest BCUT2D eigenvalue weighted by molar-refractivity contribution is 5.43. The van der Waals surface area contributed by atoms with Crippen LogP contribution >= 0.6 is 0 Å². The van der Waals surface area contributed by atoms with E-state index in [0.717, 1.165) is 32.0 Å². The van der Waals surface area contributed by atoms with Gasteiger partial charge in [0.15, 0.2) is 0 Å². The first-order chi connectivity index (χ1) is 9.02. The normalized spacial score (nSPS) is 20.3. The van der Waals surface area contributed by atoms with E-state index in [0.29, 0.717) is 17.9 Å². The highest BCUT2D eigenvalue weighted by atomic mass is 19.4. The zero-order valence-corrected chi connectivity index (χ0v) is 10.9. The average molecular weight is 273 g/mol. The lowest BCUT2D eigenvalue weighted by molar-refractivity contribution is -0.138. The van der Waals surface area contributed by atoms with Crippen LogP contribution in [0.25, 0.3) is 0 Å². The largest absolute Gasteiger partial charge is 0.496 e. The molecular weight excluding hydrogens is 255 g/mol. The Balaban J connectivity index is 2.24. The van der Waals surface area contributed by atoms with Gasteiger partial charge >= 0.3 is 6.18 Å². The van der Waals surface area contributed by atoms with Gasteiger partial charge in [0.25, 0.3) is 0 Å². The van der Waals surface area contributed by atoms with Crippen LogP contribution in [-0.4, -0.2) is 20.2 Å². The molecule has 106 valence electrons. The van der Waals surface area contributed by atoms with Crippen molar-refractivity contribution in [3.63, 3.8) is 0 Å². The standard InChI is InChI=1S/C14H18F3NO/c1-19-13-11(8-10-4-3-7-18-9-10)5-2-6-12(13)14(15,16)17/h2,5-6,10,18H,3-4,7-9H2,1H3. The van der Waals surface area contributed by atoms with E-state index >= 15 is 0 Å². The first kappa shape index (κ1) is 14.2. The van der Waals surface area contributed by atoms with Crippen LogP contribution in [0.1, 0.15) is 24.0 Å². The molecule has 1 aliphatic heterocycles. The van der Waals surface area contributed by atoms with Crippen molar-refractivity contribution in [1.29, 1.82) is 0 Å². The first-order valence-corrected chi connectivity index (χ1v) is 6.46. The monoisotopic (exact) mass is 273 g/mol. The molecule has 2 rings (SSSR count). The van der Waals surface area contributed by atoms with Crippen molar-refractivity contribution in [1.82, 2.24) is 5.32 Å². The maximum Gasteiger partial charge on any atom is 0.419 e. The van der Waals surface area contributed by atoms with Crippen molar-refractivity contribution in [3.8, 4) is 5.75 Å². The molecule has 1 aliphatic rings. The summed E-state index contributed by atoms with van der Waals surface area (Å²) in [5.74, 6) is 0.353. The van der Waals surface area contributed by atoms with Gasteiger partial charge in [0.05, 0.1) is 12.7 Å². The summed E-state index contributed by atoms with van der Waals surface area (Å²) in [6, 6.07) is 4.25. The Labute approximate surface area is 111 Å². The highest BCUT2D eigenvalue weighted by Gasteiger charge is 2.35. The van der Waals surface area contributed by atoms with Crippen LogP contribution in [0.3, 0.4) is 0 Å². The third kappa shape index (κ3) is 3.41. The van der Waals surface area contributed by atoms with Crippen LogP contribution in [0.15, 0.2) is 18.2 Å². The smallest absolute Gasteiger partial charge is 0.419 e. The zero-order valence-electron chi connectivity index (χ0n) is 10.9. The summed E-state index contributed by atoms with van der Waals surface area (Å²) >= 11 is 0. The molecule has 1 unspecified atom stereocenters. The van der Waals surface area contributed by atoms with Crippen molar-refractivity contribution in [3.05, 3.63) is 29.3 Å². The first-order valence-electron chi connectivity index (χ1n) is 6.46. The van der Waals surface area contributed by atoms with Crippen molar-refractivity contribution < 1.29 is 17.9 Å². The quantitative estimate of drug-likeness (QED) is 0.912. The van der Waals surface area contributed by atoms with Gasteiger partial charge in [0, 0.05) is 0 Å². The summed E-state index contributed by atoms with van der Waals surface area (Å²) < 4.78 is 43.7. The molecule has 1 saturated heterocycles. The van der Waals surface area contributed by atoms with Gasteiger partial charge in [-0.3, -0.25) is 0 Å². The van der Waals surface area contributed by atoms with Crippen molar-refractivity contribution >= 4 is 0 Å². The number of benzene rings is 1. The number of nitrogens with one attached hydrogen (secondary N) is 1. The predicted octanol–water partition coefficient (Wildman–Crippen LogP) is 3.26. The lowest BCUT2D eigenvalue weighted by Crippen LogP contribution is -2.31. The number of rotatable bonds is 3. The third-order valence-corrected chi connectivity index (χ3v) is 3.51. The number of hydrogen-bond acceptors (Lipinski definition) is 2. The Morgan fingerprint density at radius 3 is 2.74 bits per heavy atom. The van der Waals surface area contributed by atoms with Gasteiger partial charge in [-0.05, 0) is 49.9 Å². The topological polar surface area (TPSA) is 21.3 Å². The van der Waals surface area contributed by atoms with E-state index in [2.05, 4.69) is 5.32 Å². The predicted molar refractivity (Wildman–Crippen MR) is 67.3 cm³/mol. The number of alkyl halides is 3. The van der Waals surface area contributed by atoms with Crippen LogP contribution in [0, 0.1) is 5.92 Å². The lowest BCUT2D eigenvalue weighted by atomic mass is 9.91. The van der Waals surface area contributed by atoms with Gasteiger partial charge in [-0.2, -0.15) is 13.2 Å². The molecule has 0 bridgehead atoms. The lowest BCUT2D eigenvalue weighted by Gasteiger charge is -2.24. The summed E-state index contributed by atoms with van der Waals surface area (Å²) in [4.78, 5) is 0. The Morgan fingerprint density at radius 1 is 1.37 bits per heavy atom. The molecule has 0 amide bonds. The maximum atomic E-state index is 12.9. The molecule has 0 aromatic heterocycles. The van der Waals surface area contributed by atoms with Gasteiger partial charge in [0.2, 0.25) is 0 Å². The van der Waals surface area contributed by atoms with Crippen LogP contribution < -0.4 is 10.1 Å². The van der Waals surface area contributed by atoms with E-state index in [9.17, 15) is 13.2 Å². The van der Waals surface area contributed by atoms with Crippen LogP contribution in [0.4, 0.5) is 13.2 Å². The Bertz CT molecular complexity index is 425. The summed E-state index contributed by atoms with van der Waals surface area (Å²) in [5, 5.41) is 3.27. The number of ether oxygens (including phenoxy) is 1. The number of hydrogen-bond donors (Lipinski definition) is 1. The molecule has 0 saturated carbocycles. The van der Waals surface area contributed by atoms with Gasteiger partial charge in [-0.1, -0.05) is 12.1 Å². The van der Waals surface area contributed by atoms with E-state index in [1.165, 1.54) is 13.2 Å². The molecule has 5 heteroatoms. The molecule has 0 aliphatic carbocycles. The second-order valence-corrected chi connectivity index (χ2v) is 4.91. The van der Waals surface area contributed by atoms with Crippen molar-refractivity contribution in [2.45, 2.75) is 25.4 Å². The molecule has 1 heterocycles. The fourth-order valence-corrected chi connectivity index (χ4v) is 2.62. The summed E-state index contributed by atoms with van der Waals surface area (Å²) in [7, 11) is 1.30. The molecule has 1 N–H and O–H groups in total. The minimum absolute atomic E-state index is 0.0272. The number of methoxy groups -OCH3 is 1. The van der Waals surface area contributed by atoms with Crippen molar-refractivity contribution in [2.75, 3.05) is 20.2 Å². The molecule has 0 radical (unpaired) electrons. The van der Waals surface area contributed by atoms with E-state index < -0.39 is 11.7 Å². The molecule has 1 fully saturated rings. The number of para-hydroxylation sites is 1. The van der Waals surface area contributed by atoms with Gasteiger partial charge in [0.1, 0.15) is 5.75 Å². The fraction of sp³-hybridized carbons (Fsp3) is 0.571. The van der Waals surface area contributed by atoms with E-state index in [1.54, 1.807) is 6.07 Å². The Hall–Kier alpha value is -1.23. The summed E-state index contributed by atoms with van der Waals surface area (Å²) in [5.41, 5.74) is -0.0395. The maximum absolute atomic E-state index is 12.9. The second kappa shape index (κ2) is 5.82. The van der Waals surface area contributed by atoms with Crippen LogP contribution in [-0.2, 0) is 12.6 Å². The molecule has 0 spiro atoms. The summed E-state index contributed by atoms with van der Waals surface area (Å²) in [6.45, 7) is 1.86. The van der Waals surface area contributed by atoms with E-state index in [4.69, 9.17) is 4.74 Å². The Morgan fingerprint density at radius 2 is 2.16 bits per heavy atom. The zero-order chi connectivity index (χ0) is 13.9. The van der Waals surface area contributed by atoms with Crippen molar-refractivity contribution in [2.24, 2.45) is 5.92 Å². The number of halogens is 3. The van der Waals surface area contributed by atoms with Gasteiger partial charge in [-0.15, -0.1) is 0 Å². The second-order valence-electron chi connectivity index (χ2n) is 4.91. The Kier molecular flexibility index (Phi) is 4.34. The van der Waals surface area contributed by atoms with Crippen LogP contribution in [0.2, 0.25) is 0 Å². The number of piperidine rings is 1. The van der Waals surface area contributed by atoms with Gasteiger partial charge < -0.3 is 10.1 Å². The molecule has 1 atom stereocenters. The fourth-order valence-electron chi connectivity index (χ4n) is 2.62. The molecule has 2 nitrogen and oxygen atoms in total. The SMILES string of the molecule is COc1c(CC2CCCNC2)cccc1C(F)(F)F. The van der Waals surface area contributed by atoms with E-state index in [-0.39, 0.29) is 5.75 Å². The minimum atomic E-state index is -4.37. The highest BCUT2D eigenvalue weighted by Crippen LogP contribution is 2.39. The summed E-state index contributed by atoms with van der Waals surface area (Å²) in [6.07, 6.45) is -1.62. The molecule has 1 aromatic carbocycles. The molecular formula is C14H18F3NO.